The number of alkyl halides is 3. The zero-order chi connectivity index (χ0) is 26.1. The molecule has 0 radical (unpaired) electrons. The van der Waals surface area contributed by atoms with Gasteiger partial charge in [0.25, 0.3) is 0 Å². The Morgan fingerprint density at radius 1 is 1.03 bits per heavy atom. The van der Waals surface area contributed by atoms with Crippen LogP contribution >= 0.6 is 11.3 Å². The summed E-state index contributed by atoms with van der Waals surface area (Å²) in [6.45, 7) is 2.44. The van der Waals surface area contributed by atoms with Gasteiger partial charge >= 0.3 is 6.36 Å². The second-order valence-electron chi connectivity index (χ2n) is 8.21. The molecule has 198 valence electrons. The summed E-state index contributed by atoms with van der Waals surface area (Å²) in [6, 6.07) is 8.16. The standard InChI is InChI=1S/C24H27F3N6O3S/c25-24(26,27)36-19-8-16(7-17(9-19)14-34)12-28-3-1-2-5-35-6-4-29-21-10-18(23-33-31-15-37-23)11-22-20(21)13-30-32-22/h7-11,13,15,28-29,34H,1-6,12,14H2,(H,30,32). The molecular weight excluding hydrogens is 509 g/mol. The number of fused-ring (bicyclic) bond motifs is 1. The van der Waals surface area contributed by atoms with Crippen molar-refractivity contribution in [3.63, 3.8) is 0 Å². The fourth-order valence-corrected chi connectivity index (χ4v) is 4.32. The number of hydrogen-bond donors (Lipinski definition) is 4. The summed E-state index contributed by atoms with van der Waals surface area (Å²) in [6.07, 6.45) is -1.31. The Bertz CT molecular complexity index is 1270. The molecule has 0 saturated carbocycles. The van der Waals surface area contributed by atoms with Crippen molar-refractivity contribution >= 4 is 27.9 Å². The lowest BCUT2D eigenvalue weighted by atomic mass is 10.1. The van der Waals surface area contributed by atoms with Crippen molar-refractivity contribution < 1.29 is 27.8 Å². The van der Waals surface area contributed by atoms with Crippen molar-refractivity contribution in [1.29, 1.82) is 0 Å². The van der Waals surface area contributed by atoms with Gasteiger partial charge in [0.05, 0.1) is 24.9 Å². The minimum atomic E-state index is -4.77. The van der Waals surface area contributed by atoms with Crippen LogP contribution in [-0.2, 0) is 17.9 Å². The molecule has 0 bridgehead atoms. The Balaban J connectivity index is 1.13. The maximum atomic E-state index is 12.5. The van der Waals surface area contributed by atoms with E-state index in [4.69, 9.17) is 4.74 Å². The lowest BCUT2D eigenvalue weighted by Crippen LogP contribution is -2.18. The maximum Gasteiger partial charge on any atom is 0.573 e. The minimum absolute atomic E-state index is 0.335. The molecule has 2 heterocycles. The predicted molar refractivity (Wildman–Crippen MR) is 134 cm³/mol. The molecule has 9 nitrogen and oxygen atoms in total. The smallest absolute Gasteiger partial charge is 0.406 e. The molecule has 0 aliphatic carbocycles. The molecule has 0 amide bonds. The summed E-state index contributed by atoms with van der Waals surface area (Å²) in [5, 5.41) is 32.8. The lowest BCUT2D eigenvalue weighted by molar-refractivity contribution is -0.274. The van der Waals surface area contributed by atoms with Crippen LogP contribution in [0.2, 0.25) is 0 Å². The van der Waals surface area contributed by atoms with E-state index in [0.29, 0.717) is 44.0 Å². The highest BCUT2D eigenvalue weighted by Gasteiger charge is 2.31. The summed E-state index contributed by atoms with van der Waals surface area (Å²) in [5.74, 6) is -0.335. The number of unbranched alkanes of at least 4 members (excludes halogenated alkanes) is 1. The molecule has 0 aliphatic rings. The van der Waals surface area contributed by atoms with E-state index in [-0.39, 0.29) is 12.4 Å². The van der Waals surface area contributed by atoms with Gasteiger partial charge in [0.2, 0.25) is 0 Å². The molecule has 2 aromatic carbocycles. The SMILES string of the molecule is OCc1cc(CNCCCCOCCNc2cc(-c3nncs3)cc3[nH]ncc23)cc(OC(F)(F)F)c1. The van der Waals surface area contributed by atoms with E-state index in [1.165, 1.54) is 23.5 Å². The molecule has 0 fully saturated rings. The van der Waals surface area contributed by atoms with E-state index < -0.39 is 6.36 Å². The van der Waals surface area contributed by atoms with Gasteiger partial charge < -0.3 is 25.2 Å². The molecule has 4 N–H and O–H groups in total. The highest BCUT2D eigenvalue weighted by molar-refractivity contribution is 7.12. The molecule has 13 heteroatoms. The van der Waals surface area contributed by atoms with E-state index in [1.807, 2.05) is 12.1 Å². The summed E-state index contributed by atoms with van der Waals surface area (Å²) >= 11 is 1.47. The fourth-order valence-electron chi connectivity index (χ4n) is 3.78. The summed E-state index contributed by atoms with van der Waals surface area (Å²) in [4.78, 5) is 0. The van der Waals surface area contributed by atoms with Crippen molar-refractivity contribution in [2.75, 3.05) is 31.6 Å². The van der Waals surface area contributed by atoms with Crippen molar-refractivity contribution in [3.8, 4) is 16.3 Å². The number of nitrogens with one attached hydrogen (secondary N) is 3. The minimum Gasteiger partial charge on any atom is -0.406 e. The van der Waals surface area contributed by atoms with Gasteiger partial charge in [0.15, 0.2) is 0 Å². The Kier molecular flexibility index (Phi) is 9.28. The number of benzene rings is 2. The number of halogens is 3. The fraction of sp³-hybridized carbons (Fsp3) is 0.375. The third kappa shape index (κ3) is 8.12. The van der Waals surface area contributed by atoms with E-state index in [0.717, 1.165) is 40.0 Å². The topological polar surface area (TPSA) is 117 Å². The molecule has 4 rings (SSSR count). The first-order valence-electron chi connectivity index (χ1n) is 11.7. The highest BCUT2D eigenvalue weighted by Crippen LogP contribution is 2.30. The molecule has 4 aromatic rings. The number of ether oxygens (including phenoxy) is 2. The number of hydrogen-bond acceptors (Lipinski definition) is 9. The van der Waals surface area contributed by atoms with Crippen molar-refractivity contribution in [1.82, 2.24) is 25.7 Å². The van der Waals surface area contributed by atoms with Gasteiger partial charge in [-0.05, 0) is 54.8 Å². The Morgan fingerprint density at radius 3 is 2.68 bits per heavy atom. The first kappa shape index (κ1) is 26.8. The molecule has 0 saturated heterocycles. The van der Waals surface area contributed by atoms with Crippen LogP contribution in [0, 0.1) is 0 Å². The molecule has 0 aliphatic heterocycles. The largest absolute Gasteiger partial charge is 0.573 e. The van der Waals surface area contributed by atoms with Crippen molar-refractivity contribution in [3.05, 3.63) is 53.2 Å². The molecular formula is C24H27F3N6O3S. The van der Waals surface area contributed by atoms with Gasteiger partial charge in [0, 0.05) is 36.3 Å². The van der Waals surface area contributed by atoms with Gasteiger partial charge in [0.1, 0.15) is 16.3 Å². The molecule has 0 unspecified atom stereocenters. The van der Waals surface area contributed by atoms with Gasteiger partial charge in [-0.15, -0.1) is 23.4 Å². The number of aromatic nitrogens is 4. The van der Waals surface area contributed by atoms with E-state index >= 15 is 0 Å². The zero-order valence-electron chi connectivity index (χ0n) is 19.8. The second-order valence-corrected chi connectivity index (χ2v) is 9.05. The number of aliphatic hydroxyl groups excluding tert-OH is 1. The quantitative estimate of drug-likeness (QED) is 0.175. The van der Waals surface area contributed by atoms with Crippen LogP contribution in [0.3, 0.4) is 0 Å². The monoisotopic (exact) mass is 536 g/mol. The van der Waals surface area contributed by atoms with Crippen LogP contribution in [0.25, 0.3) is 21.5 Å². The van der Waals surface area contributed by atoms with Crippen LogP contribution in [-0.4, -0.2) is 58.2 Å². The summed E-state index contributed by atoms with van der Waals surface area (Å²) in [7, 11) is 0. The van der Waals surface area contributed by atoms with Crippen LogP contribution in [0.5, 0.6) is 5.75 Å². The molecule has 37 heavy (non-hydrogen) atoms. The highest BCUT2D eigenvalue weighted by atomic mass is 32.1. The number of nitrogens with zero attached hydrogens (tertiary/aromatic N) is 3. The van der Waals surface area contributed by atoms with Crippen molar-refractivity contribution in [2.45, 2.75) is 32.4 Å². The van der Waals surface area contributed by atoms with Crippen LogP contribution in [0.4, 0.5) is 18.9 Å². The average molecular weight is 537 g/mol. The second kappa shape index (κ2) is 12.8. The van der Waals surface area contributed by atoms with Gasteiger partial charge in [-0.25, -0.2) is 0 Å². The Labute approximate surface area is 215 Å². The number of H-pyrrole nitrogens is 1. The first-order chi connectivity index (χ1) is 17.9. The van der Waals surface area contributed by atoms with Crippen LogP contribution in [0.1, 0.15) is 24.0 Å². The molecule has 0 spiro atoms. The van der Waals surface area contributed by atoms with Crippen LogP contribution in [0.15, 0.2) is 42.0 Å². The normalized spacial score (nSPS) is 11.8. The Hall–Kier alpha value is -3.26. The first-order valence-corrected chi connectivity index (χ1v) is 12.5. The van der Waals surface area contributed by atoms with E-state index in [2.05, 4.69) is 35.8 Å². The van der Waals surface area contributed by atoms with Crippen LogP contribution < -0.4 is 15.4 Å². The van der Waals surface area contributed by atoms with Gasteiger partial charge in [-0.1, -0.05) is 17.4 Å². The van der Waals surface area contributed by atoms with E-state index in [1.54, 1.807) is 17.8 Å². The number of anilines is 1. The van der Waals surface area contributed by atoms with Gasteiger partial charge in [-0.3, -0.25) is 5.10 Å². The summed E-state index contributed by atoms with van der Waals surface area (Å²) < 4.78 is 47.2. The molecule has 2 aromatic heterocycles. The number of aromatic amines is 1. The zero-order valence-corrected chi connectivity index (χ0v) is 20.7. The van der Waals surface area contributed by atoms with E-state index in [9.17, 15) is 18.3 Å². The lowest BCUT2D eigenvalue weighted by Gasteiger charge is -2.12. The number of rotatable bonds is 14. The summed E-state index contributed by atoms with van der Waals surface area (Å²) in [5.41, 5.74) is 5.48. The Morgan fingerprint density at radius 2 is 1.89 bits per heavy atom. The van der Waals surface area contributed by atoms with Gasteiger partial charge in [-0.2, -0.15) is 5.10 Å². The third-order valence-electron chi connectivity index (χ3n) is 5.39. The third-order valence-corrected chi connectivity index (χ3v) is 6.13. The maximum absolute atomic E-state index is 12.5. The molecule has 0 atom stereocenters. The predicted octanol–water partition coefficient (Wildman–Crippen LogP) is 4.47. The van der Waals surface area contributed by atoms with Crippen molar-refractivity contribution in [2.24, 2.45) is 0 Å². The number of aliphatic hydroxyl groups is 1. The average Bonchev–Trinajstić information content (AvgIpc) is 3.56.